The van der Waals surface area contributed by atoms with Gasteiger partial charge in [-0.2, -0.15) is 10.1 Å². The second-order valence-corrected chi connectivity index (χ2v) is 6.08. The zero-order valence-electron chi connectivity index (χ0n) is 15.0. The molecule has 0 aliphatic carbocycles. The number of benzene rings is 2. The topological polar surface area (TPSA) is 113 Å². The molecule has 0 saturated heterocycles. The van der Waals surface area contributed by atoms with E-state index in [1.165, 1.54) is 37.3 Å². The molecule has 2 aromatic rings. The molecule has 0 fully saturated rings. The van der Waals surface area contributed by atoms with Crippen LogP contribution in [-0.4, -0.2) is 28.5 Å². The molecule has 2 aromatic carbocycles. The molecule has 0 bridgehead atoms. The molecule has 7 nitrogen and oxygen atoms in total. The molecule has 3 N–H and O–H groups in total. The van der Waals surface area contributed by atoms with Crippen LogP contribution in [0.25, 0.3) is 6.08 Å². The Kier molecular flexibility index (Phi) is 5.17. The van der Waals surface area contributed by atoms with Crippen LogP contribution in [0.2, 0.25) is 0 Å². The minimum Gasteiger partial charge on any atom is -0.478 e. The number of carbonyl (C=O) groups is 3. The molecule has 0 saturated carbocycles. The number of Topliss-reactive ketones (excluding diaryl/α,β-unsaturated/α-hetero) is 1. The first-order chi connectivity index (χ1) is 13.4. The van der Waals surface area contributed by atoms with Gasteiger partial charge in [-0.1, -0.05) is 24.3 Å². The van der Waals surface area contributed by atoms with Gasteiger partial charge in [0, 0.05) is 12.6 Å². The first-order valence-corrected chi connectivity index (χ1v) is 8.38. The van der Waals surface area contributed by atoms with Crippen LogP contribution in [0.4, 0.5) is 11.4 Å². The Morgan fingerprint density at radius 1 is 1.07 bits per heavy atom. The Labute approximate surface area is 161 Å². The number of carbonyl (C=O) groups excluding carboxylic acids is 2. The lowest BCUT2D eigenvalue weighted by Crippen LogP contribution is -2.21. The molecule has 28 heavy (non-hydrogen) atoms. The maximum absolute atomic E-state index is 12.8. The first-order valence-electron chi connectivity index (χ1n) is 8.38. The fourth-order valence-electron chi connectivity index (χ4n) is 2.61. The molecular formula is C21H17N3O4. The van der Waals surface area contributed by atoms with Crippen molar-refractivity contribution in [3.05, 3.63) is 77.4 Å². The van der Waals surface area contributed by atoms with E-state index < -0.39 is 11.9 Å². The second kappa shape index (κ2) is 7.71. The van der Waals surface area contributed by atoms with Crippen LogP contribution in [0.15, 0.2) is 71.4 Å². The van der Waals surface area contributed by atoms with Crippen LogP contribution in [0.3, 0.4) is 0 Å². The van der Waals surface area contributed by atoms with Gasteiger partial charge < -0.3 is 10.8 Å². The van der Waals surface area contributed by atoms with Gasteiger partial charge in [0.2, 0.25) is 0 Å². The van der Waals surface area contributed by atoms with Crippen molar-refractivity contribution in [2.24, 2.45) is 5.10 Å². The van der Waals surface area contributed by atoms with E-state index in [-0.39, 0.29) is 22.6 Å². The molecule has 7 heteroatoms. The van der Waals surface area contributed by atoms with E-state index in [0.717, 1.165) is 10.6 Å². The summed E-state index contributed by atoms with van der Waals surface area (Å²) in [4.78, 5) is 35.6. The summed E-state index contributed by atoms with van der Waals surface area (Å²) in [6, 6.07) is 12.9. The number of hydrazone groups is 1. The lowest BCUT2D eigenvalue weighted by molar-refractivity contribution is -0.115. The van der Waals surface area contributed by atoms with Crippen molar-refractivity contribution in [3.63, 3.8) is 0 Å². The molecule has 0 atom stereocenters. The van der Waals surface area contributed by atoms with Crippen molar-refractivity contribution in [3.8, 4) is 0 Å². The van der Waals surface area contributed by atoms with Crippen molar-refractivity contribution in [2.45, 2.75) is 6.92 Å². The first kappa shape index (κ1) is 18.8. The number of aromatic carboxylic acids is 1. The number of hydrogen-bond donors (Lipinski definition) is 2. The van der Waals surface area contributed by atoms with Crippen LogP contribution < -0.4 is 10.7 Å². The maximum Gasteiger partial charge on any atom is 0.335 e. The van der Waals surface area contributed by atoms with Crippen LogP contribution in [0.5, 0.6) is 0 Å². The summed E-state index contributed by atoms with van der Waals surface area (Å²) in [7, 11) is 0. The lowest BCUT2D eigenvalue weighted by atomic mass is 10.1. The SMILES string of the molecule is CC(=O)C1=NN(c2ccc(C(=O)O)cc2)C(=O)C1=CC=Cc1ccc(N)cc1. The number of carboxylic acids is 1. The Morgan fingerprint density at radius 3 is 2.29 bits per heavy atom. The fraction of sp³-hybridized carbons (Fsp3) is 0.0476. The number of carboxylic acid groups (broad SMARTS) is 1. The summed E-state index contributed by atoms with van der Waals surface area (Å²) in [6.07, 6.45) is 4.97. The largest absolute Gasteiger partial charge is 0.478 e. The van der Waals surface area contributed by atoms with Gasteiger partial charge in [0.1, 0.15) is 5.71 Å². The minimum atomic E-state index is -1.07. The molecule has 0 unspecified atom stereocenters. The molecule has 3 rings (SSSR count). The summed E-state index contributed by atoms with van der Waals surface area (Å²) < 4.78 is 0. The Bertz CT molecular complexity index is 1030. The van der Waals surface area contributed by atoms with Crippen LogP contribution in [0, 0.1) is 0 Å². The molecule has 0 radical (unpaired) electrons. The predicted octanol–water partition coefficient (Wildman–Crippen LogP) is 2.90. The highest BCUT2D eigenvalue weighted by atomic mass is 16.4. The highest BCUT2D eigenvalue weighted by Crippen LogP contribution is 2.24. The average Bonchev–Trinajstić information content (AvgIpc) is 3.00. The van der Waals surface area contributed by atoms with Crippen LogP contribution >= 0.6 is 0 Å². The third-order valence-electron chi connectivity index (χ3n) is 4.06. The van der Waals surface area contributed by atoms with E-state index >= 15 is 0 Å². The summed E-state index contributed by atoms with van der Waals surface area (Å²) in [5, 5.41) is 14.2. The van der Waals surface area contributed by atoms with E-state index in [1.807, 2.05) is 12.1 Å². The highest BCUT2D eigenvalue weighted by molar-refractivity contribution is 6.54. The Balaban J connectivity index is 1.88. The van der Waals surface area contributed by atoms with Crippen molar-refractivity contribution in [1.82, 2.24) is 0 Å². The molecule has 1 aliphatic heterocycles. The Hall–Kier alpha value is -4.00. The van der Waals surface area contributed by atoms with Crippen molar-refractivity contribution >= 4 is 40.8 Å². The van der Waals surface area contributed by atoms with Crippen molar-refractivity contribution < 1.29 is 19.5 Å². The average molecular weight is 375 g/mol. The van der Waals surface area contributed by atoms with Gasteiger partial charge in [0.25, 0.3) is 5.91 Å². The molecular weight excluding hydrogens is 358 g/mol. The summed E-state index contributed by atoms with van der Waals surface area (Å²) in [6.45, 7) is 1.33. The zero-order chi connectivity index (χ0) is 20.3. The number of nitrogens with two attached hydrogens (primary N) is 1. The summed E-state index contributed by atoms with van der Waals surface area (Å²) in [5.74, 6) is -1.87. The predicted molar refractivity (Wildman–Crippen MR) is 107 cm³/mol. The van der Waals surface area contributed by atoms with E-state index in [9.17, 15) is 14.4 Å². The van der Waals surface area contributed by atoms with E-state index in [0.29, 0.717) is 11.4 Å². The number of hydrogen-bond acceptors (Lipinski definition) is 5. The summed E-state index contributed by atoms with van der Waals surface area (Å²) in [5.41, 5.74) is 7.87. The van der Waals surface area contributed by atoms with Gasteiger partial charge in [-0.3, -0.25) is 9.59 Å². The second-order valence-electron chi connectivity index (χ2n) is 6.08. The maximum atomic E-state index is 12.8. The molecule has 0 spiro atoms. The zero-order valence-corrected chi connectivity index (χ0v) is 15.0. The standard InChI is InChI=1S/C21H17N3O4/c1-13(25)19-18(4-2-3-14-5-9-16(22)10-6-14)20(26)24(23-19)17-11-7-15(8-12-17)21(27)28/h2-12H,22H2,1H3,(H,27,28). The van der Waals surface area contributed by atoms with Gasteiger partial charge in [-0.15, -0.1) is 0 Å². The third kappa shape index (κ3) is 3.88. The Morgan fingerprint density at radius 2 is 1.71 bits per heavy atom. The number of allylic oxidation sites excluding steroid dienone is 2. The van der Waals surface area contributed by atoms with E-state index in [4.69, 9.17) is 10.8 Å². The van der Waals surface area contributed by atoms with Gasteiger partial charge in [0.05, 0.1) is 16.8 Å². The van der Waals surface area contributed by atoms with Crippen LogP contribution in [0.1, 0.15) is 22.8 Å². The van der Waals surface area contributed by atoms with Gasteiger partial charge >= 0.3 is 5.97 Å². The van der Waals surface area contributed by atoms with E-state index in [1.54, 1.807) is 24.3 Å². The number of anilines is 2. The fourth-order valence-corrected chi connectivity index (χ4v) is 2.61. The molecule has 1 aliphatic rings. The van der Waals surface area contributed by atoms with Gasteiger partial charge in [0.15, 0.2) is 5.78 Å². The highest BCUT2D eigenvalue weighted by Gasteiger charge is 2.33. The van der Waals surface area contributed by atoms with Crippen LogP contribution in [-0.2, 0) is 9.59 Å². The smallest absolute Gasteiger partial charge is 0.335 e. The van der Waals surface area contributed by atoms with E-state index in [2.05, 4.69) is 5.10 Å². The van der Waals surface area contributed by atoms with Gasteiger partial charge in [-0.25, -0.2) is 4.79 Å². The summed E-state index contributed by atoms with van der Waals surface area (Å²) >= 11 is 0. The van der Waals surface area contributed by atoms with Crippen molar-refractivity contribution in [2.75, 3.05) is 10.7 Å². The van der Waals surface area contributed by atoms with Gasteiger partial charge in [-0.05, 0) is 48.0 Å². The quantitative estimate of drug-likeness (QED) is 0.616. The molecule has 1 heterocycles. The van der Waals surface area contributed by atoms with Crippen molar-refractivity contribution in [1.29, 1.82) is 0 Å². The molecule has 0 aromatic heterocycles. The molecule has 140 valence electrons. The number of ketones is 1. The number of nitrogens with zero attached hydrogens (tertiary/aromatic N) is 2. The normalized spacial score (nSPS) is 15.3. The minimum absolute atomic E-state index is 0.0502. The number of nitrogen functional groups attached to an aromatic ring is 1. The lowest BCUT2D eigenvalue weighted by Gasteiger charge is -2.11. The monoisotopic (exact) mass is 375 g/mol. The third-order valence-corrected chi connectivity index (χ3v) is 4.06. The number of amides is 1. The number of rotatable bonds is 5. The molecule has 1 amide bonds.